The Morgan fingerprint density at radius 1 is 1.00 bits per heavy atom. The number of benzene rings is 4. The first-order valence-electron chi connectivity index (χ1n) is 10.9. The van der Waals surface area contributed by atoms with Gasteiger partial charge in [0.25, 0.3) is 0 Å². The minimum atomic E-state index is 0.437. The summed E-state index contributed by atoms with van der Waals surface area (Å²) in [6.07, 6.45) is 1.74. The Bertz CT molecular complexity index is 1440. The molecule has 34 heavy (non-hydrogen) atoms. The highest BCUT2D eigenvalue weighted by atomic mass is 79.9. The van der Waals surface area contributed by atoms with Crippen molar-refractivity contribution in [3.8, 4) is 11.5 Å². The van der Waals surface area contributed by atoms with E-state index in [1.165, 1.54) is 10.8 Å². The molecule has 170 valence electrons. The van der Waals surface area contributed by atoms with Crippen LogP contribution >= 0.6 is 27.3 Å². The number of hydrazone groups is 1. The molecule has 0 fully saturated rings. The smallest absolute Gasteiger partial charge is 0.204 e. The van der Waals surface area contributed by atoms with Crippen LogP contribution in [0.4, 0.5) is 5.13 Å². The number of halogens is 1. The zero-order chi connectivity index (χ0) is 23.3. The molecule has 0 radical (unpaired) electrons. The number of aromatic nitrogens is 1. The molecule has 0 saturated heterocycles. The Morgan fingerprint density at radius 3 is 2.71 bits per heavy atom. The van der Waals surface area contributed by atoms with E-state index in [4.69, 9.17) is 9.47 Å². The molecule has 0 bridgehead atoms. The fourth-order valence-corrected chi connectivity index (χ4v) is 5.11. The van der Waals surface area contributed by atoms with Gasteiger partial charge in [-0.3, -0.25) is 5.43 Å². The minimum Gasteiger partial charge on any atom is -0.490 e. The van der Waals surface area contributed by atoms with Crippen molar-refractivity contribution in [1.29, 1.82) is 0 Å². The number of rotatable bonds is 8. The maximum Gasteiger partial charge on any atom is 0.204 e. The van der Waals surface area contributed by atoms with Crippen LogP contribution in [0.2, 0.25) is 0 Å². The molecule has 1 heterocycles. The number of thiazole rings is 1. The maximum atomic E-state index is 6.24. The van der Waals surface area contributed by atoms with Gasteiger partial charge in [0, 0.05) is 0 Å². The summed E-state index contributed by atoms with van der Waals surface area (Å²) >= 11 is 5.22. The van der Waals surface area contributed by atoms with Crippen LogP contribution in [0.3, 0.4) is 0 Å². The molecule has 5 aromatic rings. The van der Waals surface area contributed by atoms with Crippen LogP contribution in [0.1, 0.15) is 18.1 Å². The normalized spacial score (nSPS) is 11.4. The highest BCUT2D eigenvalue weighted by molar-refractivity contribution is 9.10. The maximum absolute atomic E-state index is 6.24. The second-order valence-corrected chi connectivity index (χ2v) is 9.43. The van der Waals surface area contributed by atoms with Gasteiger partial charge in [-0.25, -0.2) is 4.98 Å². The van der Waals surface area contributed by atoms with Crippen LogP contribution < -0.4 is 14.9 Å². The lowest BCUT2D eigenvalue weighted by atomic mass is 10.1. The second-order valence-electron chi connectivity index (χ2n) is 7.55. The number of nitrogens with zero attached hydrogens (tertiary/aromatic N) is 2. The SMILES string of the molecule is CCOc1cc(/C=N\Nc2nc3ccccc3s2)cc(Br)c1OCc1cccc2ccccc12. The van der Waals surface area contributed by atoms with Crippen molar-refractivity contribution in [2.24, 2.45) is 5.10 Å². The Morgan fingerprint density at radius 2 is 1.82 bits per heavy atom. The Kier molecular flexibility index (Phi) is 6.74. The second kappa shape index (κ2) is 10.2. The van der Waals surface area contributed by atoms with Crippen LogP contribution in [-0.4, -0.2) is 17.8 Å². The molecule has 0 saturated carbocycles. The molecular weight excluding hydrogens is 510 g/mol. The molecule has 7 heteroatoms. The molecule has 5 rings (SSSR count). The van der Waals surface area contributed by atoms with Gasteiger partial charge in [0.2, 0.25) is 5.13 Å². The molecule has 5 nitrogen and oxygen atoms in total. The summed E-state index contributed by atoms with van der Waals surface area (Å²) in [5.74, 6) is 1.34. The van der Waals surface area contributed by atoms with Gasteiger partial charge in [0.1, 0.15) is 6.61 Å². The van der Waals surface area contributed by atoms with E-state index in [2.05, 4.69) is 61.8 Å². The van der Waals surface area contributed by atoms with Crippen molar-refractivity contribution in [3.63, 3.8) is 0 Å². The monoisotopic (exact) mass is 531 g/mol. The van der Waals surface area contributed by atoms with Crippen molar-refractivity contribution in [3.05, 3.63) is 94.5 Å². The van der Waals surface area contributed by atoms with Gasteiger partial charge in [-0.15, -0.1) is 0 Å². The number of fused-ring (bicyclic) bond motifs is 2. The summed E-state index contributed by atoms with van der Waals surface area (Å²) < 4.78 is 14.1. The van der Waals surface area contributed by atoms with Gasteiger partial charge >= 0.3 is 0 Å². The highest BCUT2D eigenvalue weighted by Gasteiger charge is 2.13. The van der Waals surface area contributed by atoms with Crippen molar-refractivity contribution in [2.45, 2.75) is 13.5 Å². The average molecular weight is 532 g/mol. The van der Waals surface area contributed by atoms with Crippen molar-refractivity contribution in [1.82, 2.24) is 4.98 Å². The van der Waals surface area contributed by atoms with Gasteiger partial charge in [-0.05, 0) is 69.0 Å². The van der Waals surface area contributed by atoms with E-state index in [9.17, 15) is 0 Å². The van der Waals surface area contributed by atoms with Crippen LogP contribution in [0.25, 0.3) is 21.0 Å². The number of hydrogen-bond acceptors (Lipinski definition) is 6. The topological polar surface area (TPSA) is 55.7 Å². The largest absolute Gasteiger partial charge is 0.490 e. The van der Waals surface area contributed by atoms with Gasteiger partial charge in [-0.1, -0.05) is 65.9 Å². The van der Waals surface area contributed by atoms with Crippen molar-refractivity contribution in [2.75, 3.05) is 12.0 Å². The number of anilines is 1. The number of para-hydroxylation sites is 1. The third-order valence-electron chi connectivity index (χ3n) is 5.25. The summed E-state index contributed by atoms with van der Waals surface area (Å²) in [7, 11) is 0. The third kappa shape index (κ3) is 4.90. The molecule has 0 aliphatic heterocycles. The van der Waals surface area contributed by atoms with Crippen LogP contribution in [0.15, 0.2) is 88.4 Å². The number of nitrogens with one attached hydrogen (secondary N) is 1. The van der Waals surface area contributed by atoms with E-state index >= 15 is 0 Å². The third-order valence-corrected chi connectivity index (χ3v) is 6.78. The fourth-order valence-electron chi connectivity index (χ4n) is 3.72. The Labute approximate surface area is 210 Å². The summed E-state index contributed by atoms with van der Waals surface area (Å²) in [5.41, 5.74) is 5.98. The van der Waals surface area contributed by atoms with Crippen molar-refractivity contribution >= 4 is 59.6 Å². The molecular formula is C27H22BrN3O2S. The predicted octanol–water partition coefficient (Wildman–Crippen LogP) is 7.64. The molecule has 1 N–H and O–H groups in total. The molecule has 0 unspecified atom stereocenters. The lowest BCUT2D eigenvalue weighted by Crippen LogP contribution is -2.02. The van der Waals surface area contributed by atoms with Gasteiger partial charge in [0.15, 0.2) is 11.5 Å². The summed E-state index contributed by atoms with van der Waals surface area (Å²) in [6, 6.07) is 26.5. The number of hydrogen-bond donors (Lipinski definition) is 1. The predicted molar refractivity (Wildman–Crippen MR) is 144 cm³/mol. The van der Waals surface area contributed by atoms with Gasteiger partial charge in [-0.2, -0.15) is 5.10 Å². The van der Waals surface area contributed by atoms with E-state index in [0.29, 0.717) is 24.7 Å². The highest BCUT2D eigenvalue weighted by Crippen LogP contribution is 2.37. The van der Waals surface area contributed by atoms with Crippen molar-refractivity contribution < 1.29 is 9.47 Å². The molecule has 0 aliphatic rings. The fraction of sp³-hybridized carbons (Fsp3) is 0.111. The minimum absolute atomic E-state index is 0.437. The van der Waals surface area contributed by atoms with E-state index < -0.39 is 0 Å². The van der Waals surface area contributed by atoms with Gasteiger partial charge < -0.3 is 9.47 Å². The van der Waals surface area contributed by atoms with Crippen LogP contribution in [0.5, 0.6) is 11.5 Å². The average Bonchev–Trinajstić information content (AvgIpc) is 3.27. The quantitative estimate of drug-likeness (QED) is 0.165. The molecule has 0 amide bonds. The lowest BCUT2D eigenvalue weighted by molar-refractivity contribution is 0.268. The van der Waals surface area contributed by atoms with Crippen LogP contribution in [0, 0.1) is 0 Å². The molecule has 0 atom stereocenters. The Hall–Kier alpha value is -3.42. The van der Waals surface area contributed by atoms with Gasteiger partial charge in [0.05, 0.1) is 27.5 Å². The standard InChI is InChI=1S/C27H22BrN3O2S/c1-2-32-24-15-18(16-29-31-27-30-23-12-5-6-13-25(23)34-27)14-22(28)26(24)33-17-20-10-7-9-19-8-3-4-11-21(19)20/h3-16H,2,17H2,1H3,(H,30,31)/b29-16-. The zero-order valence-electron chi connectivity index (χ0n) is 18.5. The molecule has 0 aliphatic carbocycles. The molecule has 0 spiro atoms. The first-order valence-corrected chi connectivity index (χ1v) is 12.5. The summed E-state index contributed by atoms with van der Waals surface area (Å²) in [6.45, 7) is 2.92. The first-order chi connectivity index (χ1) is 16.7. The van der Waals surface area contributed by atoms with E-state index in [1.54, 1.807) is 17.6 Å². The van der Waals surface area contributed by atoms with E-state index in [1.807, 2.05) is 55.5 Å². The first kappa shape index (κ1) is 22.4. The van der Waals surface area contributed by atoms with E-state index in [-0.39, 0.29) is 0 Å². The number of ether oxygens (including phenoxy) is 2. The summed E-state index contributed by atoms with van der Waals surface area (Å²) in [4.78, 5) is 4.54. The van der Waals surface area contributed by atoms with Crippen LogP contribution in [-0.2, 0) is 6.61 Å². The molecule has 1 aromatic heterocycles. The lowest BCUT2D eigenvalue weighted by Gasteiger charge is -2.15. The molecule has 4 aromatic carbocycles. The summed E-state index contributed by atoms with van der Waals surface area (Å²) in [5, 5.41) is 7.49. The zero-order valence-corrected chi connectivity index (χ0v) is 20.9. The Balaban J connectivity index is 1.34. The van der Waals surface area contributed by atoms with E-state index in [0.717, 1.165) is 30.9 Å².